The summed E-state index contributed by atoms with van der Waals surface area (Å²) in [6, 6.07) is 0. The van der Waals surface area contributed by atoms with Crippen LogP contribution < -0.4 is 0 Å². The molecule has 2 aliphatic heterocycles. The molecule has 0 aromatic rings. The van der Waals surface area contributed by atoms with Crippen LogP contribution in [0.4, 0.5) is 0 Å². The van der Waals surface area contributed by atoms with Crippen LogP contribution >= 0.6 is 0 Å². The smallest absolute Gasteiger partial charge is 0.253 e. The second kappa shape index (κ2) is 8.82. The molecule has 0 aromatic carbocycles. The zero-order valence-corrected chi connectivity index (χ0v) is 14.0. The molecule has 1 saturated heterocycles. The number of nitrogens with zero attached hydrogens (tertiary/aromatic N) is 3. The highest BCUT2D eigenvalue weighted by molar-refractivity contribution is 6.12. The maximum Gasteiger partial charge on any atom is 0.253 e. The van der Waals surface area contributed by atoms with E-state index in [-0.39, 0.29) is 17.7 Å². The van der Waals surface area contributed by atoms with Gasteiger partial charge in [0, 0.05) is 51.3 Å². The van der Waals surface area contributed by atoms with Crippen LogP contribution in [0, 0.1) is 0 Å². The Morgan fingerprint density at radius 1 is 0.957 bits per heavy atom. The molecule has 0 radical (unpaired) electrons. The van der Waals surface area contributed by atoms with E-state index in [1.165, 1.54) is 36.3 Å². The van der Waals surface area contributed by atoms with Crippen molar-refractivity contribution in [3.05, 3.63) is 12.2 Å². The molecule has 6 heteroatoms. The van der Waals surface area contributed by atoms with Crippen LogP contribution in [0.25, 0.3) is 0 Å². The number of imide groups is 1. The molecular weight excluding hydrogens is 294 g/mol. The summed E-state index contributed by atoms with van der Waals surface area (Å²) in [5.41, 5.74) is 0. The number of hydrogen-bond donors (Lipinski definition) is 0. The van der Waals surface area contributed by atoms with Crippen molar-refractivity contribution >= 4 is 17.7 Å². The van der Waals surface area contributed by atoms with Gasteiger partial charge in [0.1, 0.15) is 0 Å². The van der Waals surface area contributed by atoms with Crippen molar-refractivity contribution in [1.29, 1.82) is 0 Å². The van der Waals surface area contributed by atoms with E-state index in [1.807, 2.05) is 4.90 Å². The second-order valence-electron chi connectivity index (χ2n) is 6.19. The van der Waals surface area contributed by atoms with E-state index in [9.17, 15) is 14.4 Å². The third kappa shape index (κ3) is 5.16. The van der Waals surface area contributed by atoms with Gasteiger partial charge in [-0.2, -0.15) is 0 Å². The van der Waals surface area contributed by atoms with Crippen molar-refractivity contribution in [2.75, 3.05) is 39.3 Å². The minimum atomic E-state index is -0.275. The van der Waals surface area contributed by atoms with Crippen LogP contribution in [0.2, 0.25) is 0 Å². The lowest BCUT2D eigenvalue weighted by Gasteiger charge is -2.34. The summed E-state index contributed by atoms with van der Waals surface area (Å²) in [5, 5.41) is 0. The van der Waals surface area contributed by atoms with Crippen molar-refractivity contribution in [2.24, 2.45) is 0 Å². The first-order valence-electron chi connectivity index (χ1n) is 8.65. The standard InChI is InChI=1S/C17H27N3O3/c1-2-3-4-9-18-11-13-19(14-12-18)15(21)6-5-10-20-16(22)7-8-17(20)23/h7-8H,2-6,9-14H2,1H3. The summed E-state index contributed by atoms with van der Waals surface area (Å²) in [6.07, 6.45) is 7.22. The largest absolute Gasteiger partial charge is 0.340 e. The molecule has 0 atom stereocenters. The Labute approximate surface area is 138 Å². The van der Waals surface area contributed by atoms with E-state index in [0.717, 1.165) is 32.7 Å². The molecule has 0 spiro atoms. The fourth-order valence-electron chi connectivity index (χ4n) is 3.00. The Balaban J connectivity index is 1.61. The van der Waals surface area contributed by atoms with Crippen LogP contribution in [-0.2, 0) is 14.4 Å². The molecule has 2 aliphatic rings. The van der Waals surface area contributed by atoms with Gasteiger partial charge in [-0.3, -0.25) is 24.2 Å². The van der Waals surface area contributed by atoms with Gasteiger partial charge in [0.15, 0.2) is 0 Å². The SMILES string of the molecule is CCCCCN1CCN(C(=O)CCCN2C(=O)C=CC2=O)CC1. The molecule has 2 heterocycles. The topological polar surface area (TPSA) is 60.9 Å². The van der Waals surface area contributed by atoms with E-state index in [2.05, 4.69) is 11.8 Å². The monoisotopic (exact) mass is 321 g/mol. The summed E-state index contributed by atoms with van der Waals surface area (Å²) in [7, 11) is 0. The van der Waals surface area contributed by atoms with Gasteiger partial charge in [-0.25, -0.2) is 0 Å². The summed E-state index contributed by atoms with van der Waals surface area (Å²) in [6.45, 7) is 7.12. The number of hydrogen-bond acceptors (Lipinski definition) is 4. The van der Waals surface area contributed by atoms with Gasteiger partial charge in [-0.15, -0.1) is 0 Å². The molecule has 23 heavy (non-hydrogen) atoms. The van der Waals surface area contributed by atoms with Crippen LogP contribution in [0.15, 0.2) is 12.2 Å². The van der Waals surface area contributed by atoms with Crippen molar-refractivity contribution in [3.8, 4) is 0 Å². The van der Waals surface area contributed by atoms with Crippen molar-refractivity contribution < 1.29 is 14.4 Å². The minimum absolute atomic E-state index is 0.130. The molecule has 6 nitrogen and oxygen atoms in total. The number of carbonyl (C=O) groups is 3. The number of amides is 3. The summed E-state index contributed by atoms with van der Waals surface area (Å²) in [4.78, 5) is 40.6. The predicted octanol–water partition coefficient (Wildman–Crippen LogP) is 1.03. The summed E-state index contributed by atoms with van der Waals surface area (Å²) in [5.74, 6) is -0.420. The zero-order chi connectivity index (χ0) is 16.7. The Kier molecular flexibility index (Phi) is 6.77. The van der Waals surface area contributed by atoms with E-state index in [4.69, 9.17) is 0 Å². The molecule has 0 N–H and O–H groups in total. The maximum atomic E-state index is 12.2. The van der Waals surface area contributed by atoms with Gasteiger partial charge in [0.25, 0.3) is 11.8 Å². The molecule has 0 unspecified atom stereocenters. The van der Waals surface area contributed by atoms with Gasteiger partial charge < -0.3 is 4.90 Å². The van der Waals surface area contributed by atoms with Crippen LogP contribution in [0.1, 0.15) is 39.0 Å². The van der Waals surface area contributed by atoms with Crippen molar-refractivity contribution in [2.45, 2.75) is 39.0 Å². The van der Waals surface area contributed by atoms with Crippen LogP contribution in [0.5, 0.6) is 0 Å². The quantitative estimate of drug-likeness (QED) is 0.495. The Hall–Kier alpha value is -1.69. The lowest BCUT2D eigenvalue weighted by molar-refractivity contribution is -0.138. The average Bonchev–Trinajstić information content (AvgIpc) is 2.87. The highest BCUT2D eigenvalue weighted by atomic mass is 16.2. The van der Waals surface area contributed by atoms with Gasteiger partial charge in [-0.1, -0.05) is 19.8 Å². The molecule has 3 amide bonds. The first-order chi connectivity index (χ1) is 11.1. The number of carbonyl (C=O) groups excluding carboxylic acids is 3. The third-order valence-electron chi connectivity index (χ3n) is 4.48. The maximum absolute atomic E-state index is 12.2. The Morgan fingerprint density at radius 2 is 1.61 bits per heavy atom. The lowest BCUT2D eigenvalue weighted by atomic mass is 10.2. The van der Waals surface area contributed by atoms with E-state index in [1.54, 1.807) is 0 Å². The fraction of sp³-hybridized carbons (Fsp3) is 0.706. The van der Waals surface area contributed by atoms with Crippen LogP contribution in [-0.4, -0.2) is 71.7 Å². The molecule has 0 saturated carbocycles. The average molecular weight is 321 g/mol. The summed E-state index contributed by atoms with van der Waals surface area (Å²) < 4.78 is 0. The minimum Gasteiger partial charge on any atom is -0.340 e. The Bertz CT molecular complexity index is 450. The molecule has 0 bridgehead atoms. The van der Waals surface area contributed by atoms with E-state index in [0.29, 0.717) is 19.4 Å². The second-order valence-corrected chi connectivity index (χ2v) is 6.19. The summed E-state index contributed by atoms with van der Waals surface area (Å²) >= 11 is 0. The number of piperazine rings is 1. The first kappa shape index (κ1) is 17.7. The van der Waals surface area contributed by atoms with E-state index >= 15 is 0 Å². The van der Waals surface area contributed by atoms with E-state index < -0.39 is 0 Å². The van der Waals surface area contributed by atoms with Crippen LogP contribution in [0.3, 0.4) is 0 Å². The van der Waals surface area contributed by atoms with Crippen molar-refractivity contribution in [1.82, 2.24) is 14.7 Å². The Morgan fingerprint density at radius 3 is 2.22 bits per heavy atom. The third-order valence-corrected chi connectivity index (χ3v) is 4.48. The zero-order valence-electron chi connectivity index (χ0n) is 14.0. The number of rotatable bonds is 8. The molecule has 128 valence electrons. The van der Waals surface area contributed by atoms with Crippen molar-refractivity contribution in [3.63, 3.8) is 0 Å². The van der Waals surface area contributed by atoms with Gasteiger partial charge in [0.05, 0.1) is 0 Å². The lowest BCUT2D eigenvalue weighted by Crippen LogP contribution is -2.48. The highest BCUT2D eigenvalue weighted by Gasteiger charge is 2.24. The molecular formula is C17H27N3O3. The molecule has 1 fully saturated rings. The fourth-order valence-corrected chi connectivity index (χ4v) is 3.00. The van der Waals surface area contributed by atoms with Gasteiger partial charge in [0.2, 0.25) is 5.91 Å². The highest BCUT2D eigenvalue weighted by Crippen LogP contribution is 2.09. The molecule has 2 rings (SSSR count). The molecule has 0 aliphatic carbocycles. The molecule has 0 aromatic heterocycles. The van der Waals surface area contributed by atoms with Gasteiger partial charge in [-0.05, 0) is 19.4 Å². The normalized spacial score (nSPS) is 19.0. The predicted molar refractivity (Wildman–Crippen MR) is 87.6 cm³/mol. The van der Waals surface area contributed by atoms with Gasteiger partial charge >= 0.3 is 0 Å². The first-order valence-corrected chi connectivity index (χ1v) is 8.65. The number of unbranched alkanes of at least 4 members (excludes halogenated alkanes) is 2.